The van der Waals surface area contributed by atoms with Crippen molar-refractivity contribution in [3.8, 4) is 0 Å². The zero-order chi connectivity index (χ0) is 15.1. The highest BCUT2D eigenvalue weighted by atomic mass is 16.2. The molecular weight excluding hydrogens is 266 g/mol. The Hall–Kier alpha value is -2.34. The Kier molecular flexibility index (Phi) is 5.34. The van der Waals surface area contributed by atoms with Crippen LogP contribution in [0.2, 0.25) is 0 Å². The largest absolute Gasteiger partial charge is 0.323 e. The zero-order valence-corrected chi connectivity index (χ0v) is 12.3. The fourth-order valence-electron chi connectivity index (χ4n) is 1.95. The summed E-state index contributed by atoms with van der Waals surface area (Å²) in [5.74, 6) is 0. The fraction of sp³-hybridized carbons (Fsp3) is 0.333. The summed E-state index contributed by atoms with van der Waals surface area (Å²) in [4.78, 5) is 11.8. The van der Waals surface area contributed by atoms with Crippen molar-refractivity contribution in [3.63, 3.8) is 0 Å². The van der Waals surface area contributed by atoms with Gasteiger partial charge in [-0.05, 0) is 37.6 Å². The molecule has 0 saturated heterocycles. The van der Waals surface area contributed by atoms with Crippen molar-refractivity contribution >= 4 is 17.4 Å². The summed E-state index contributed by atoms with van der Waals surface area (Å²) >= 11 is 0. The maximum absolute atomic E-state index is 11.8. The predicted molar refractivity (Wildman–Crippen MR) is 84.4 cm³/mol. The number of benzene rings is 1. The van der Waals surface area contributed by atoms with Crippen molar-refractivity contribution in [2.24, 2.45) is 0 Å². The number of H-pyrrole nitrogens is 1. The summed E-state index contributed by atoms with van der Waals surface area (Å²) in [5.41, 5.74) is 2.58. The van der Waals surface area contributed by atoms with Crippen LogP contribution in [0.5, 0.6) is 0 Å². The van der Waals surface area contributed by atoms with E-state index in [1.807, 2.05) is 24.3 Å². The van der Waals surface area contributed by atoms with Crippen LogP contribution in [-0.4, -0.2) is 22.8 Å². The number of hydrogen-bond acceptors (Lipinski definition) is 3. The Morgan fingerprint density at radius 3 is 2.57 bits per heavy atom. The fourth-order valence-corrected chi connectivity index (χ4v) is 1.95. The van der Waals surface area contributed by atoms with Gasteiger partial charge in [-0.1, -0.05) is 19.1 Å². The average Bonchev–Trinajstić information content (AvgIpc) is 2.98. The lowest BCUT2D eigenvalue weighted by Crippen LogP contribution is -2.20. The number of aromatic amines is 1. The first-order chi connectivity index (χ1) is 10.2. The normalized spacial score (nSPS) is 11.9. The van der Waals surface area contributed by atoms with E-state index in [0.29, 0.717) is 11.7 Å². The first kappa shape index (κ1) is 15.1. The van der Waals surface area contributed by atoms with E-state index in [9.17, 15) is 4.79 Å². The quantitative estimate of drug-likeness (QED) is 0.659. The van der Waals surface area contributed by atoms with Gasteiger partial charge in [-0.25, -0.2) is 4.79 Å². The highest BCUT2D eigenvalue weighted by Gasteiger charge is 2.06. The molecule has 1 aromatic heterocycles. The molecule has 6 nitrogen and oxygen atoms in total. The zero-order valence-electron chi connectivity index (χ0n) is 12.3. The summed E-state index contributed by atoms with van der Waals surface area (Å²) in [7, 11) is 0. The molecule has 1 aromatic carbocycles. The number of hydrogen-bond donors (Lipinski definition) is 4. The number of aromatic nitrogens is 2. The topological polar surface area (TPSA) is 81.8 Å². The highest BCUT2D eigenvalue weighted by molar-refractivity contribution is 5.99. The molecule has 1 atom stereocenters. The predicted octanol–water partition coefficient (Wildman–Crippen LogP) is 3.11. The molecule has 0 aliphatic rings. The van der Waals surface area contributed by atoms with E-state index in [0.717, 1.165) is 18.7 Å². The molecule has 2 rings (SSSR count). The monoisotopic (exact) mass is 287 g/mol. The van der Waals surface area contributed by atoms with E-state index in [2.05, 4.69) is 40.0 Å². The van der Waals surface area contributed by atoms with Crippen LogP contribution >= 0.6 is 0 Å². The van der Waals surface area contributed by atoms with E-state index < -0.39 is 0 Å². The van der Waals surface area contributed by atoms with Crippen LogP contribution in [0.4, 0.5) is 16.2 Å². The third kappa shape index (κ3) is 4.61. The van der Waals surface area contributed by atoms with Crippen molar-refractivity contribution in [2.45, 2.75) is 26.3 Å². The molecule has 0 aliphatic carbocycles. The van der Waals surface area contributed by atoms with Gasteiger partial charge in [0.05, 0.1) is 11.9 Å². The van der Waals surface area contributed by atoms with E-state index in [4.69, 9.17) is 0 Å². The van der Waals surface area contributed by atoms with Gasteiger partial charge in [0.1, 0.15) is 0 Å². The molecule has 0 spiro atoms. The molecule has 6 heteroatoms. The molecule has 2 amide bonds. The number of nitrogens with one attached hydrogen (secondary N) is 4. The van der Waals surface area contributed by atoms with Crippen LogP contribution in [-0.2, 0) is 0 Å². The first-order valence-corrected chi connectivity index (χ1v) is 7.09. The molecule has 0 bridgehead atoms. The van der Waals surface area contributed by atoms with Crippen LogP contribution < -0.4 is 16.0 Å². The molecule has 0 saturated carbocycles. The highest BCUT2D eigenvalue weighted by Crippen LogP contribution is 2.16. The van der Waals surface area contributed by atoms with E-state index in [1.54, 1.807) is 12.4 Å². The lowest BCUT2D eigenvalue weighted by Gasteiger charge is -2.14. The van der Waals surface area contributed by atoms with Gasteiger partial charge >= 0.3 is 6.03 Å². The van der Waals surface area contributed by atoms with Crippen molar-refractivity contribution in [2.75, 3.05) is 17.2 Å². The molecule has 4 N–H and O–H groups in total. The molecule has 0 radical (unpaired) electrons. The van der Waals surface area contributed by atoms with Gasteiger partial charge < -0.3 is 16.0 Å². The second-order valence-electron chi connectivity index (χ2n) is 4.86. The standard InChI is InChI=1S/C15H21N5O/c1-3-8-16-11(2)12-4-6-13(7-5-12)19-15(21)20-14-9-17-18-10-14/h4-7,9-11,16H,3,8H2,1-2H3,(H,17,18)(H2,19,20,21). The van der Waals surface area contributed by atoms with Gasteiger partial charge in [-0.3, -0.25) is 5.10 Å². The molecule has 0 fully saturated rings. The Morgan fingerprint density at radius 2 is 1.95 bits per heavy atom. The maximum Gasteiger partial charge on any atom is 0.323 e. The third-order valence-corrected chi connectivity index (χ3v) is 3.13. The number of carbonyl (C=O) groups excluding carboxylic acids is 1. The SMILES string of the molecule is CCCNC(C)c1ccc(NC(=O)Nc2cn[nH]c2)cc1. The lowest BCUT2D eigenvalue weighted by atomic mass is 10.1. The second-order valence-corrected chi connectivity index (χ2v) is 4.86. The Morgan fingerprint density at radius 1 is 1.24 bits per heavy atom. The minimum Gasteiger partial charge on any atom is -0.310 e. The van der Waals surface area contributed by atoms with Crippen LogP contribution in [0, 0.1) is 0 Å². The Labute approximate surface area is 124 Å². The van der Waals surface area contributed by atoms with Crippen LogP contribution in [0.15, 0.2) is 36.7 Å². The van der Waals surface area contributed by atoms with E-state index >= 15 is 0 Å². The number of amides is 2. The molecule has 21 heavy (non-hydrogen) atoms. The molecule has 0 aliphatic heterocycles. The van der Waals surface area contributed by atoms with Crippen molar-refractivity contribution in [3.05, 3.63) is 42.2 Å². The number of nitrogens with zero attached hydrogens (tertiary/aromatic N) is 1. The van der Waals surface area contributed by atoms with Crippen molar-refractivity contribution < 1.29 is 4.79 Å². The first-order valence-electron chi connectivity index (χ1n) is 7.09. The number of anilines is 2. The molecule has 2 aromatic rings. The third-order valence-electron chi connectivity index (χ3n) is 3.13. The Bertz CT molecular complexity index is 550. The van der Waals surface area contributed by atoms with Crippen molar-refractivity contribution in [1.82, 2.24) is 15.5 Å². The van der Waals surface area contributed by atoms with Gasteiger partial charge in [-0.15, -0.1) is 0 Å². The minimum atomic E-state index is -0.290. The average molecular weight is 287 g/mol. The summed E-state index contributed by atoms with van der Waals surface area (Å²) in [6, 6.07) is 7.84. The van der Waals surface area contributed by atoms with Gasteiger partial charge in [0.15, 0.2) is 0 Å². The van der Waals surface area contributed by atoms with Gasteiger partial charge in [0.2, 0.25) is 0 Å². The number of rotatable bonds is 6. The summed E-state index contributed by atoms with van der Waals surface area (Å²) in [6.07, 6.45) is 4.27. The maximum atomic E-state index is 11.8. The molecule has 1 unspecified atom stereocenters. The van der Waals surface area contributed by atoms with Crippen LogP contribution in [0.25, 0.3) is 0 Å². The van der Waals surface area contributed by atoms with Crippen LogP contribution in [0.3, 0.4) is 0 Å². The molecule has 1 heterocycles. The number of carbonyl (C=O) groups is 1. The van der Waals surface area contributed by atoms with Crippen molar-refractivity contribution in [1.29, 1.82) is 0 Å². The van der Waals surface area contributed by atoms with Gasteiger partial charge in [-0.2, -0.15) is 5.10 Å². The summed E-state index contributed by atoms with van der Waals surface area (Å²) in [5, 5.41) is 15.3. The minimum absolute atomic E-state index is 0.290. The summed E-state index contributed by atoms with van der Waals surface area (Å²) in [6.45, 7) is 5.27. The van der Waals surface area contributed by atoms with Gasteiger partial charge in [0.25, 0.3) is 0 Å². The van der Waals surface area contributed by atoms with E-state index in [-0.39, 0.29) is 6.03 Å². The smallest absolute Gasteiger partial charge is 0.310 e. The lowest BCUT2D eigenvalue weighted by molar-refractivity contribution is 0.262. The van der Waals surface area contributed by atoms with E-state index in [1.165, 1.54) is 5.56 Å². The van der Waals surface area contributed by atoms with Gasteiger partial charge in [0, 0.05) is 17.9 Å². The molecular formula is C15H21N5O. The second kappa shape index (κ2) is 7.44. The van der Waals surface area contributed by atoms with Crippen LogP contribution in [0.1, 0.15) is 31.9 Å². The molecule has 112 valence electrons. The summed E-state index contributed by atoms with van der Waals surface area (Å²) < 4.78 is 0. The Balaban J connectivity index is 1.88. The number of urea groups is 1.